The fraction of sp³-hybridized carbons (Fsp3) is 0.769. The minimum Gasteiger partial charge on any atom is -0.317 e. The number of aromatic nitrogens is 1. The molecule has 4 heteroatoms. The lowest BCUT2D eigenvalue weighted by molar-refractivity contribution is 0.319. The Morgan fingerprint density at radius 1 is 1.47 bits per heavy atom. The van der Waals surface area contributed by atoms with Crippen LogP contribution in [0.1, 0.15) is 24.3 Å². The molecule has 1 unspecified atom stereocenters. The third-order valence-corrected chi connectivity index (χ3v) is 5.19. The summed E-state index contributed by atoms with van der Waals surface area (Å²) in [6, 6.07) is 0. The Morgan fingerprint density at radius 2 is 2.35 bits per heavy atom. The lowest BCUT2D eigenvalue weighted by Gasteiger charge is -2.23. The van der Waals surface area contributed by atoms with Gasteiger partial charge in [0.15, 0.2) is 0 Å². The van der Waals surface area contributed by atoms with Gasteiger partial charge in [0, 0.05) is 24.5 Å². The van der Waals surface area contributed by atoms with Crippen molar-refractivity contribution in [3.05, 3.63) is 16.6 Å². The van der Waals surface area contributed by atoms with Crippen LogP contribution in [0.5, 0.6) is 0 Å². The van der Waals surface area contributed by atoms with E-state index in [1.54, 1.807) is 11.3 Å². The zero-order chi connectivity index (χ0) is 11.6. The van der Waals surface area contributed by atoms with E-state index in [9.17, 15) is 0 Å². The van der Waals surface area contributed by atoms with Crippen LogP contribution in [-0.2, 0) is 6.42 Å². The van der Waals surface area contributed by atoms with Crippen LogP contribution in [0.25, 0.3) is 0 Å². The molecule has 0 amide bonds. The second kappa shape index (κ2) is 5.04. The van der Waals surface area contributed by atoms with Gasteiger partial charge in [-0.2, -0.15) is 0 Å². The average molecular weight is 251 g/mol. The fourth-order valence-corrected chi connectivity index (χ4v) is 3.73. The predicted octanol–water partition coefficient (Wildman–Crippen LogP) is 1.66. The molecule has 1 saturated carbocycles. The molecule has 1 aliphatic carbocycles. The van der Waals surface area contributed by atoms with Gasteiger partial charge in [0.05, 0.1) is 5.01 Å². The summed E-state index contributed by atoms with van der Waals surface area (Å²) in [6.07, 6.45) is 7.22. The third-order valence-electron chi connectivity index (χ3n) is 4.35. The van der Waals surface area contributed by atoms with Crippen molar-refractivity contribution in [3.8, 4) is 0 Å². The molecule has 2 heterocycles. The summed E-state index contributed by atoms with van der Waals surface area (Å²) in [7, 11) is 0. The van der Waals surface area contributed by atoms with E-state index in [0.29, 0.717) is 0 Å². The topological polar surface area (TPSA) is 37.0 Å². The van der Waals surface area contributed by atoms with Crippen LogP contribution in [-0.4, -0.2) is 31.2 Å². The number of nitrogens with zero attached hydrogens (tertiary/aromatic N) is 1. The maximum Gasteiger partial charge on any atom is 0.0937 e. The predicted molar refractivity (Wildman–Crippen MR) is 71.3 cm³/mol. The van der Waals surface area contributed by atoms with E-state index in [2.05, 4.69) is 21.0 Å². The van der Waals surface area contributed by atoms with Crippen molar-refractivity contribution in [2.75, 3.05) is 26.2 Å². The van der Waals surface area contributed by atoms with Gasteiger partial charge in [0.1, 0.15) is 0 Å². The second-order valence-electron chi connectivity index (χ2n) is 5.39. The Balaban J connectivity index is 1.33. The van der Waals surface area contributed by atoms with Gasteiger partial charge in [-0.15, -0.1) is 11.3 Å². The molecule has 1 aromatic heterocycles. The molecule has 3 nitrogen and oxygen atoms in total. The zero-order valence-electron chi connectivity index (χ0n) is 10.2. The van der Waals surface area contributed by atoms with Crippen LogP contribution < -0.4 is 10.6 Å². The zero-order valence-corrected chi connectivity index (χ0v) is 11.1. The molecule has 1 atom stereocenters. The van der Waals surface area contributed by atoms with E-state index in [0.717, 1.165) is 24.3 Å². The minimum atomic E-state index is 0.722. The highest BCUT2D eigenvalue weighted by Crippen LogP contribution is 2.58. The van der Waals surface area contributed by atoms with Gasteiger partial charge in [0.2, 0.25) is 0 Å². The summed E-state index contributed by atoms with van der Waals surface area (Å²) in [5.41, 5.74) is 0.722. The van der Waals surface area contributed by atoms with Crippen LogP contribution in [0.2, 0.25) is 0 Å². The van der Waals surface area contributed by atoms with Crippen molar-refractivity contribution < 1.29 is 0 Å². The first kappa shape index (κ1) is 11.6. The summed E-state index contributed by atoms with van der Waals surface area (Å²) >= 11 is 1.76. The van der Waals surface area contributed by atoms with E-state index >= 15 is 0 Å². The van der Waals surface area contributed by atoms with Gasteiger partial charge in [-0.05, 0) is 50.2 Å². The van der Waals surface area contributed by atoms with Gasteiger partial charge in [-0.25, -0.2) is 4.98 Å². The molecule has 94 valence electrons. The number of hydrogen-bond donors (Lipinski definition) is 2. The third kappa shape index (κ3) is 2.69. The molecule has 1 saturated heterocycles. The molecule has 0 bridgehead atoms. The number of thiazole rings is 1. The smallest absolute Gasteiger partial charge is 0.0937 e. The number of rotatable bonds is 5. The first-order chi connectivity index (χ1) is 8.39. The quantitative estimate of drug-likeness (QED) is 0.782. The van der Waals surface area contributed by atoms with E-state index in [4.69, 9.17) is 0 Å². The Kier molecular flexibility index (Phi) is 3.45. The number of nitrogens with one attached hydrogen (secondary N) is 2. The van der Waals surface area contributed by atoms with Gasteiger partial charge < -0.3 is 10.6 Å². The van der Waals surface area contributed by atoms with Crippen molar-refractivity contribution in [3.63, 3.8) is 0 Å². The molecule has 1 aromatic rings. The summed E-state index contributed by atoms with van der Waals surface area (Å²) < 4.78 is 0. The van der Waals surface area contributed by atoms with Crippen molar-refractivity contribution in [2.24, 2.45) is 11.3 Å². The Bertz CT molecular complexity index is 344. The maximum absolute atomic E-state index is 4.30. The summed E-state index contributed by atoms with van der Waals surface area (Å²) in [4.78, 5) is 4.30. The molecule has 17 heavy (non-hydrogen) atoms. The van der Waals surface area contributed by atoms with E-state index in [1.165, 1.54) is 43.9 Å². The van der Waals surface area contributed by atoms with Gasteiger partial charge in [-0.1, -0.05) is 0 Å². The van der Waals surface area contributed by atoms with Crippen molar-refractivity contribution >= 4 is 11.3 Å². The van der Waals surface area contributed by atoms with Crippen LogP contribution >= 0.6 is 11.3 Å². The summed E-state index contributed by atoms with van der Waals surface area (Å²) in [5, 5.41) is 10.4. The molecular formula is C13H21N3S. The van der Waals surface area contributed by atoms with E-state index in [1.807, 2.05) is 6.20 Å². The van der Waals surface area contributed by atoms with Gasteiger partial charge >= 0.3 is 0 Å². The van der Waals surface area contributed by atoms with E-state index in [-0.39, 0.29) is 0 Å². The molecule has 2 fully saturated rings. The molecule has 0 aromatic carbocycles. The normalized spacial score (nSPS) is 26.2. The monoisotopic (exact) mass is 251 g/mol. The number of piperidine rings is 1. The minimum absolute atomic E-state index is 0.722. The fourth-order valence-electron chi connectivity index (χ4n) is 3.11. The lowest BCUT2D eigenvalue weighted by Crippen LogP contribution is -2.31. The molecule has 1 aliphatic heterocycles. The standard InChI is InChI=1S/C13H21N3S/c1(12-16-7-8-17-12)4-15-10-11-9-13(11)2-5-14-6-3-13/h7-8,11,14-15H,1-6,9-10H2. The molecular weight excluding hydrogens is 230 g/mol. The maximum atomic E-state index is 4.30. The molecule has 2 N–H and O–H groups in total. The molecule has 0 radical (unpaired) electrons. The Morgan fingerprint density at radius 3 is 3.12 bits per heavy atom. The second-order valence-corrected chi connectivity index (χ2v) is 6.37. The highest BCUT2D eigenvalue weighted by Gasteiger charge is 2.52. The van der Waals surface area contributed by atoms with Gasteiger partial charge in [0.25, 0.3) is 0 Å². The van der Waals surface area contributed by atoms with Crippen molar-refractivity contribution in [1.82, 2.24) is 15.6 Å². The summed E-state index contributed by atoms with van der Waals surface area (Å²) in [6.45, 7) is 4.76. The number of hydrogen-bond acceptors (Lipinski definition) is 4. The largest absolute Gasteiger partial charge is 0.317 e. The van der Waals surface area contributed by atoms with Crippen LogP contribution in [0.15, 0.2) is 11.6 Å². The lowest BCUT2D eigenvalue weighted by atomic mass is 9.92. The average Bonchev–Trinajstić information content (AvgIpc) is 2.80. The molecule has 1 spiro atoms. The molecule has 2 aliphatic rings. The van der Waals surface area contributed by atoms with Gasteiger partial charge in [-0.3, -0.25) is 0 Å². The SMILES string of the molecule is c1csc(CCNCC2CC23CCNCC3)n1. The highest BCUT2D eigenvalue weighted by atomic mass is 32.1. The first-order valence-corrected chi connectivity index (χ1v) is 7.57. The highest BCUT2D eigenvalue weighted by molar-refractivity contribution is 7.09. The Labute approximate surface area is 107 Å². The Hall–Kier alpha value is -0.450. The van der Waals surface area contributed by atoms with Crippen LogP contribution in [0.3, 0.4) is 0 Å². The van der Waals surface area contributed by atoms with E-state index < -0.39 is 0 Å². The van der Waals surface area contributed by atoms with Crippen molar-refractivity contribution in [1.29, 1.82) is 0 Å². The van der Waals surface area contributed by atoms with Crippen molar-refractivity contribution in [2.45, 2.75) is 25.7 Å². The molecule has 3 rings (SSSR count). The summed E-state index contributed by atoms with van der Waals surface area (Å²) in [5.74, 6) is 0.945. The first-order valence-electron chi connectivity index (χ1n) is 6.69. The van der Waals surface area contributed by atoms with Crippen LogP contribution in [0, 0.1) is 11.3 Å². The van der Waals surface area contributed by atoms with Crippen LogP contribution in [0.4, 0.5) is 0 Å².